The minimum atomic E-state index is 0.674. The molecule has 0 fully saturated rings. The third-order valence-electron chi connectivity index (χ3n) is 1.10. The average Bonchev–Trinajstić information content (AvgIpc) is 1.95. The van der Waals surface area contributed by atoms with Gasteiger partial charge in [-0.15, -0.1) is 0 Å². The first-order valence-corrected chi connectivity index (χ1v) is 4.14. The molecule has 0 atom stereocenters. The molecule has 1 rings (SSSR count). The lowest BCUT2D eigenvalue weighted by Gasteiger charge is -2.01. The second-order valence-corrected chi connectivity index (χ2v) is 3.15. The van der Waals surface area contributed by atoms with Gasteiger partial charge in [0.1, 0.15) is 5.75 Å². The zero-order valence-corrected chi connectivity index (χ0v) is 8.02. The molecule has 0 aromatic heterocycles. The summed E-state index contributed by atoms with van der Waals surface area (Å²) < 4.78 is 5.87. The van der Waals surface area contributed by atoms with Crippen molar-refractivity contribution in [2.45, 2.75) is 0 Å². The summed E-state index contributed by atoms with van der Waals surface area (Å²) in [6, 6.07) is 5.29. The zero-order valence-electron chi connectivity index (χ0n) is 5.68. The van der Waals surface area contributed by atoms with Gasteiger partial charge < -0.3 is 4.74 Å². The van der Waals surface area contributed by atoms with Crippen molar-refractivity contribution in [1.29, 1.82) is 0 Å². The normalized spacial score (nSPS) is 9.27. The molecule has 0 aliphatic heterocycles. The topological polar surface area (TPSA) is 9.23 Å². The standard InChI is InChI=1S/C8H6BrClO/c1-2-11-8-4-3-6(10)5-7(8)9/h2-5H,1H2. The van der Waals surface area contributed by atoms with Crippen LogP contribution in [0.2, 0.25) is 5.02 Å². The first-order valence-electron chi connectivity index (χ1n) is 2.96. The van der Waals surface area contributed by atoms with Crippen LogP contribution < -0.4 is 4.74 Å². The summed E-state index contributed by atoms with van der Waals surface area (Å²) in [7, 11) is 0. The summed E-state index contributed by atoms with van der Waals surface area (Å²) in [6.07, 6.45) is 1.37. The second-order valence-electron chi connectivity index (χ2n) is 1.86. The lowest BCUT2D eigenvalue weighted by atomic mass is 10.3. The highest BCUT2D eigenvalue weighted by molar-refractivity contribution is 9.10. The van der Waals surface area contributed by atoms with Gasteiger partial charge in [-0.3, -0.25) is 0 Å². The Hall–Kier alpha value is -0.470. The fraction of sp³-hybridized carbons (Fsp3) is 0. The van der Waals surface area contributed by atoms with E-state index in [-0.39, 0.29) is 0 Å². The van der Waals surface area contributed by atoms with Crippen LogP contribution >= 0.6 is 27.5 Å². The summed E-state index contributed by atoms with van der Waals surface area (Å²) in [5.41, 5.74) is 0. The molecule has 0 aliphatic carbocycles. The number of halogens is 2. The van der Waals surface area contributed by atoms with Crippen LogP contribution in [-0.2, 0) is 0 Å². The van der Waals surface area contributed by atoms with Crippen LogP contribution in [0.3, 0.4) is 0 Å². The molecule has 58 valence electrons. The van der Waals surface area contributed by atoms with Crippen LogP contribution in [0.1, 0.15) is 0 Å². The first kappa shape index (κ1) is 8.62. The smallest absolute Gasteiger partial charge is 0.140 e. The fourth-order valence-corrected chi connectivity index (χ4v) is 1.44. The van der Waals surface area contributed by atoms with E-state index in [1.54, 1.807) is 18.2 Å². The van der Waals surface area contributed by atoms with E-state index in [1.165, 1.54) is 6.26 Å². The molecule has 1 aromatic rings. The van der Waals surface area contributed by atoms with Gasteiger partial charge >= 0.3 is 0 Å². The Labute approximate surface area is 78.8 Å². The fourth-order valence-electron chi connectivity index (χ4n) is 0.661. The largest absolute Gasteiger partial charge is 0.464 e. The molecule has 0 radical (unpaired) electrons. The predicted molar refractivity (Wildman–Crippen MR) is 50.0 cm³/mol. The zero-order chi connectivity index (χ0) is 8.27. The minimum Gasteiger partial charge on any atom is -0.464 e. The molecule has 0 unspecified atom stereocenters. The molecular weight excluding hydrogens is 227 g/mol. The Bertz CT molecular complexity index is 273. The van der Waals surface area contributed by atoms with Gasteiger partial charge in [-0.25, -0.2) is 0 Å². The SMILES string of the molecule is C=COc1ccc(Cl)cc1Br. The number of benzene rings is 1. The van der Waals surface area contributed by atoms with Gasteiger partial charge in [0.05, 0.1) is 10.7 Å². The Morgan fingerprint density at radius 1 is 1.55 bits per heavy atom. The molecular formula is C8H6BrClO. The highest BCUT2D eigenvalue weighted by Crippen LogP contribution is 2.27. The molecule has 0 saturated carbocycles. The summed E-state index contributed by atoms with van der Waals surface area (Å²) >= 11 is 9.00. The van der Waals surface area contributed by atoms with Crippen molar-refractivity contribution in [3.63, 3.8) is 0 Å². The molecule has 1 nitrogen and oxygen atoms in total. The highest BCUT2D eigenvalue weighted by atomic mass is 79.9. The first-order chi connectivity index (χ1) is 5.24. The lowest BCUT2D eigenvalue weighted by Crippen LogP contribution is -1.81. The van der Waals surface area contributed by atoms with Gasteiger partial charge in [-0.05, 0) is 34.1 Å². The highest BCUT2D eigenvalue weighted by Gasteiger charge is 1.98. The van der Waals surface area contributed by atoms with Crippen molar-refractivity contribution < 1.29 is 4.74 Å². The maximum atomic E-state index is 5.71. The van der Waals surface area contributed by atoms with Gasteiger partial charge in [-0.2, -0.15) is 0 Å². The number of hydrogen-bond acceptors (Lipinski definition) is 1. The van der Waals surface area contributed by atoms with Crippen molar-refractivity contribution in [3.05, 3.63) is 40.5 Å². The van der Waals surface area contributed by atoms with E-state index < -0.39 is 0 Å². The van der Waals surface area contributed by atoms with Crippen LogP contribution in [0.15, 0.2) is 35.5 Å². The molecule has 3 heteroatoms. The molecule has 1 aromatic carbocycles. The van der Waals surface area contributed by atoms with Crippen molar-refractivity contribution in [1.82, 2.24) is 0 Å². The molecule has 0 aliphatic rings. The molecule has 0 amide bonds. The Balaban J connectivity index is 2.98. The lowest BCUT2D eigenvalue weighted by molar-refractivity contribution is 0.480. The monoisotopic (exact) mass is 232 g/mol. The van der Waals surface area contributed by atoms with Crippen LogP contribution in [-0.4, -0.2) is 0 Å². The third-order valence-corrected chi connectivity index (χ3v) is 1.96. The van der Waals surface area contributed by atoms with Gasteiger partial charge in [0.2, 0.25) is 0 Å². The molecule has 0 heterocycles. The molecule has 0 saturated heterocycles. The van der Waals surface area contributed by atoms with Crippen LogP contribution in [0.25, 0.3) is 0 Å². The Morgan fingerprint density at radius 3 is 2.82 bits per heavy atom. The Morgan fingerprint density at radius 2 is 2.27 bits per heavy atom. The van der Waals surface area contributed by atoms with Crippen molar-refractivity contribution in [2.24, 2.45) is 0 Å². The molecule has 11 heavy (non-hydrogen) atoms. The number of ether oxygens (including phenoxy) is 1. The quantitative estimate of drug-likeness (QED) is 0.709. The van der Waals surface area contributed by atoms with Crippen LogP contribution in [0, 0.1) is 0 Å². The van der Waals surface area contributed by atoms with E-state index in [1.807, 2.05) is 0 Å². The number of hydrogen-bond donors (Lipinski definition) is 0. The third kappa shape index (κ3) is 2.24. The van der Waals surface area contributed by atoms with Crippen LogP contribution in [0.4, 0.5) is 0 Å². The van der Waals surface area contributed by atoms with E-state index in [0.717, 1.165) is 4.47 Å². The van der Waals surface area contributed by atoms with Gasteiger partial charge in [0.15, 0.2) is 0 Å². The maximum absolute atomic E-state index is 5.71. The summed E-state index contributed by atoms with van der Waals surface area (Å²) in [5, 5.41) is 0.674. The average molecular weight is 233 g/mol. The van der Waals surface area contributed by atoms with E-state index in [2.05, 4.69) is 22.5 Å². The predicted octanol–water partition coefficient (Wildman–Crippen LogP) is 3.62. The van der Waals surface area contributed by atoms with E-state index in [4.69, 9.17) is 16.3 Å². The van der Waals surface area contributed by atoms with Gasteiger partial charge in [0.25, 0.3) is 0 Å². The van der Waals surface area contributed by atoms with E-state index in [9.17, 15) is 0 Å². The summed E-state index contributed by atoms with van der Waals surface area (Å²) in [5.74, 6) is 0.712. The molecule has 0 spiro atoms. The van der Waals surface area contributed by atoms with Crippen molar-refractivity contribution in [3.8, 4) is 5.75 Å². The van der Waals surface area contributed by atoms with Gasteiger partial charge in [0, 0.05) is 5.02 Å². The molecule has 0 N–H and O–H groups in total. The van der Waals surface area contributed by atoms with Crippen LogP contribution in [0.5, 0.6) is 5.75 Å². The molecule has 0 bridgehead atoms. The number of rotatable bonds is 2. The summed E-state index contributed by atoms with van der Waals surface area (Å²) in [6.45, 7) is 3.44. The Kier molecular flexibility index (Phi) is 2.97. The summed E-state index contributed by atoms with van der Waals surface area (Å²) in [4.78, 5) is 0. The van der Waals surface area contributed by atoms with Crippen molar-refractivity contribution in [2.75, 3.05) is 0 Å². The maximum Gasteiger partial charge on any atom is 0.140 e. The minimum absolute atomic E-state index is 0.674. The van der Waals surface area contributed by atoms with E-state index >= 15 is 0 Å². The second kappa shape index (κ2) is 3.79. The van der Waals surface area contributed by atoms with Gasteiger partial charge in [-0.1, -0.05) is 18.2 Å². The van der Waals surface area contributed by atoms with E-state index in [0.29, 0.717) is 10.8 Å². The van der Waals surface area contributed by atoms with Crippen molar-refractivity contribution >= 4 is 27.5 Å².